The topological polar surface area (TPSA) is 44.8 Å². The molecule has 0 radical (unpaired) electrons. The molecule has 1 saturated carbocycles. The van der Waals surface area contributed by atoms with Gasteiger partial charge in [0.05, 0.1) is 6.61 Å². The molecule has 1 atom stereocenters. The van der Waals surface area contributed by atoms with Gasteiger partial charge in [-0.3, -0.25) is 4.90 Å². The summed E-state index contributed by atoms with van der Waals surface area (Å²) in [6.45, 7) is 8.03. The Kier molecular flexibility index (Phi) is 15.4. The highest BCUT2D eigenvalue weighted by Gasteiger charge is 2.26. The summed E-state index contributed by atoms with van der Waals surface area (Å²) in [5, 5.41) is 3.13. The molecule has 1 unspecified atom stereocenters. The van der Waals surface area contributed by atoms with Gasteiger partial charge in [0.15, 0.2) is 0 Å². The number of ether oxygens (including phenoxy) is 1. The SMILES string of the molecule is C(=C\c1ccccc1)/c1ccccc1.CC.COCC1CCN1CCCCN(C)C(=O)NC1CCCC1. The van der Waals surface area contributed by atoms with Crippen LogP contribution in [-0.2, 0) is 4.74 Å². The molecular formula is C32H49N3O2. The summed E-state index contributed by atoms with van der Waals surface area (Å²) < 4.78 is 5.21. The second kappa shape index (κ2) is 18.6. The molecule has 0 bridgehead atoms. The Morgan fingerprint density at radius 2 is 1.51 bits per heavy atom. The molecule has 0 aromatic heterocycles. The third-order valence-electron chi connectivity index (χ3n) is 6.91. The second-order valence-corrected chi connectivity index (χ2v) is 9.65. The summed E-state index contributed by atoms with van der Waals surface area (Å²) in [4.78, 5) is 16.3. The van der Waals surface area contributed by atoms with Gasteiger partial charge in [-0.1, -0.05) is 99.5 Å². The molecule has 1 heterocycles. The first-order valence-corrected chi connectivity index (χ1v) is 14.2. The highest BCUT2D eigenvalue weighted by molar-refractivity contribution is 5.74. The van der Waals surface area contributed by atoms with Crippen molar-refractivity contribution in [1.82, 2.24) is 15.1 Å². The molecule has 2 aliphatic rings. The van der Waals surface area contributed by atoms with E-state index >= 15 is 0 Å². The van der Waals surface area contributed by atoms with Crippen LogP contribution in [0, 0.1) is 0 Å². The van der Waals surface area contributed by atoms with Crippen LogP contribution in [0.2, 0.25) is 0 Å². The molecule has 4 rings (SSSR count). The molecule has 1 N–H and O–H groups in total. The number of methoxy groups -OCH3 is 1. The highest BCUT2D eigenvalue weighted by atomic mass is 16.5. The van der Waals surface area contributed by atoms with Crippen molar-refractivity contribution in [1.29, 1.82) is 0 Å². The van der Waals surface area contributed by atoms with Crippen molar-refractivity contribution in [3.63, 3.8) is 0 Å². The smallest absolute Gasteiger partial charge is 0.317 e. The molecule has 5 heteroatoms. The third-order valence-corrected chi connectivity index (χ3v) is 6.91. The first-order chi connectivity index (χ1) is 18.2. The predicted molar refractivity (Wildman–Crippen MR) is 158 cm³/mol. The minimum Gasteiger partial charge on any atom is -0.383 e. The Labute approximate surface area is 225 Å². The van der Waals surface area contributed by atoms with Crippen molar-refractivity contribution in [3.8, 4) is 0 Å². The van der Waals surface area contributed by atoms with Crippen LogP contribution < -0.4 is 5.32 Å². The molecule has 2 aromatic carbocycles. The zero-order valence-corrected chi connectivity index (χ0v) is 23.6. The van der Waals surface area contributed by atoms with E-state index in [2.05, 4.69) is 46.6 Å². The first-order valence-electron chi connectivity index (χ1n) is 14.2. The van der Waals surface area contributed by atoms with Crippen LogP contribution in [0.1, 0.15) is 69.9 Å². The van der Waals surface area contributed by atoms with Gasteiger partial charge in [0.25, 0.3) is 0 Å². The maximum absolute atomic E-state index is 12.0. The molecule has 37 heavy (non-hydrogen) atoms. The van der Waals surface area contributed by atoms with Crippen LogP contribution in [0.25, 0.3) is 12.2 Å². The Morgan fingerprint density at radius 1 is 0.946 bits per heavy atom. The number of nitrogens with zero attached hydrogens (tertiary/aromatic N) is 2. The molecule has 0 spiro atoms. The molecule has 2 amide bonds. The fourth-order valence-electron chi connectivity index (χ4n) is 4.61. The van der Waals surface area contributed by atoms with Gasteiger partial charge in [0, 0.05) is 39.3 Å². The van der Waals surface area contributed by atoms with E-state index in [0.29, 0.717) is 12.1 Å². The van der Waals surface area contributed by atoms with Crippen molar-refractivity contribution in [3.05, 3.63) is 71.8 Å². The largest absolute Gasteiger partial charge is 0.383 e. The van der Waals surface area contributed by atoms with Crippen molar-refractivity contribution >= 4 is 18.2 Å². The maximum Gasteiger partial charge on any atom is 0.317 e. The first kappa shape index (κ1) is 30.6. The number of rotatable bonds is 10. The van der Waals surface area contributed by atoms with Crippen molar-refractivity contribution in [2.75, 3.05) is 40.4 Å². The number of carbonyl (C=O) groups is 1. The summed E-state index contributed by atoms with van der Waals surface area (Å²) in [6.07, 6.45) is 12.5. The molecule has 1 aliphatic carbocycles. The summed E-state index contributed by atoms with van der Waals surface area (Å²) >= 11 is 0. The lowest BCUT2D eigenvalue weighted by Gasteiger charge is -2.40. The predicted octanol–water partition coefficient (Wildman–Crippen LogP) is 6.95. The van der Waals surface area contributed by atoms with Gasteiger partial charge in [-0.15, -0.1) is 0 Å². The summed E-state index contributed by atoms with van der Waals surface area (Å²) in [7, 11) is 3.68. The average Bonchev–Trinajstić information content (AvgIpc) is 3.45. The van der Waals surface area contributed by atoms with E-state index in [1.54, 1.807) is 7.11 Å². The number of likely N-dealkylation sites (tertiary alicyclic amines) is 1. The summed E-state index contributed by atoms with van der Waals surface area (Å²) in [5.41, 5.74) is 2.47. The van der Waals surface area contributed by atoms with Gasteiger partial charge in [0.1, 0.15) is 0 Å². The fraction of sp³-hybridized carbons (Fsp3) is 0.531. The van der Waals surface area contributed by atoms with Crippen LogP contribution in [0.3, 0.4) is 0 Å². The number of carbonyl (C=O) groups excluding carboxylic acids is 1. The van der Waals surface area contributed by atoms with Gasteiger partial charge in [-0.2, -0.15) is 0 Å². The van der Waals surface area contributed by atoms with E-state index in [-0.39, 0.29) is 6.03 Å². The summed E-state index contributed by atoms with van der Waals surface area (Å²) in [5.74, 6) is 0. The number of unbranched alkanes of at least 4 members (excludes halogenated alkanes) is 1. The van der Waals surface area contributed by atoms with Crippen molar-refractivity contribution in [2.24, 2.45) is 0 Å². The lowest BCUT2D eigenvalue weighted by atomic mass is 10.0. The van der Waals surface area contributed by atoms with Gasteiger partial charge in [-0.25, -0.2) is 4.79 Å². The van der Waals surface area contributed by atoms with Crippen LogP contribution in [0.5, 0.6) is 0 Å². The normalized spacial score (nSPS) is 17.2. The fourth-order valence-corrected chi connectivity index (χ4v) is 4.61. The van der Waals surface area contributed by atoms with E-state index < -0.39 is 0 Å². The van der Waals surface area contributed by atoms with Gasteiger partial charge in [0.2, 0.25) is 0 Å². The lowest BCUT2D eigenvalue weighted by Crippen LogP contribution is -2.50. The third kappa shape index (κ3) is 12.0. The van der Waals surface area contributed by atoms with Gasteiger partial charge in [-0.05, 0) is 49.8 Å². The number of nitrogens with one attached hydrogen (secondary N) is 1. The van der Waals surface area contributed by atoms with Gasteiger partial charge >= 0.3 is 6.03 Å². The zero-order chi connectivity index (χ0) is 26.7. The Morgan fingerprint density at radius 3 is 2.00 bits per heavy atom. The number of urea groups is 1. The number of amides is 2. The van der Waals surface area contributed by atoms with E-state index in [4.69, 9.17) is 4.74 Å². The van der Waals surface area contributed by atoms with E-state index in [1.165, 1.54) is 36.9 Å². The van der Waals surface area contributed by atoms with Crippen molar-refractivity contribution < 1.29 is 9.53 Å². The minimum absolute atomic E-state index is 0.100. The molecule has 2 fully saturated rings. The van der Waals surface area contributed by atoms with Crippen LogP contribution >= 0.6 is 0 Å². The molecular weight excluding hydrogens is 458 g/mol. The average molecular weight is 508 g/mol. The number of hydrogen-bond acceptors (Lipinski definition) is 3. The molecule has 2 aromatic rings. The highest BCUT2D eigenvalue weighted by Crippen LogP contribution is 2.19. The van der Waals surface area contributed by atoms with Crippen LogP contribution in [0.15, 0.2) is 60.7 Å². The zero-order valence-electron chi connectivity index (χ0n) is 23.6. The standard InChI is InChI=1S/C16H31N3O2.C14H12.C2H6/c1-18(16(20)17-14-7-3-4-8-14)10-5-6-11-19-12-9-15(19)13-21-2;1-3-7-13(8-4-1)11-12-14-9-5-2-6-10-14;1-2/h14-15H,3-13H2,1-2H3,(H,17,20);1-12H;1-2H3/b;12-11+;. The molecule has 1 aliphatic heterocycles. The Hall–Kier alpha value is -2.63. The maximum atomic E-state index is 12.0. The molecule has 1 saturated heterocycles. The summed E-state index contributed by atoms with van der Waals surface area (Å²) in [6, 6.07) is 21.8. The van der Waals surface area contributed by atoms with Crippen LogP contribution in [-0.4, -0.2) is 68.3 Å². The van der Waals surface area contributed by atoms with E-state index in [1.807, 2.05) is 62.2 Å². The quantitative estimate of drug-likeness (QED) is 0.279. The monoisotopic (exact) mass is 507 g/mol. The number of hydrogen-bond donors (Lipinski definition) is 1. The lowest BCUT2D eigenvalue weighted by molar-refractivity contribution is 0.0225. The molecule has 204 valence electrons. The van der Waals surface area contributed by atoms with Crippen molar-refractivity contribution in [2.45, 2.75) is 70.9 Å². The Balaban J connectivity index is 0.000000260. The minimum atomic E-state index is 0.100. The number of benzene rings is 2. The van der Waals surface area contributed by atoms with E-state index in [9.17, 15) is 4.79 Å². The van der Waals surface area contributed by atoms with Crippen LogP contribution in [0.4, 0.5) is 4.79 Å². The van der Waals surface area contributed by atoms with E-state index in [0.717, 1.165) is 45.4 Å². The van der Waals surface area contributed by atoms with Gasteiger partial charge < -0.3 is 15.0 Å². The Bertz CT molecular complexity index is 825. The second-order valence-electron chi connectivity index (χ2n) is 9.65. The molecule has 5 nitrogen and oxygen atoms in total.